The number of aryl methyl sites for hydroxylation is 1. The van der Waals surface area contributed by atoms with Crippen molar-refractivity contribution in [3.8, 4) is 0 Å². The molecule has 3 atom stereocenters. The Morgan fingerprint density at radius 1 is 1.57 bits per heavy atom. The van der Waals surface area contributed by atoms with Gasteiger partial charge >= 0.3 is 5.69 Å². The summed E-state index contributed by atoms with van der Waals surface area (Å²) in [6, 6.07) is 0. The molecule has 2 rings (SSSR count). The first-order valence-corrected chi connectivity index (χ1v) is 6.27. The normalized spacial score (nSPS) is 24.8. The molecule has 1 aromatic heterocycles. The maximum absolute atomic E-state index is 12.3. The molecule has 0 amide bonds. The summed E-state index contributed by atoms with van der Waals surface area (Å²) in [6.07, 6.45) is -1.02. The minimum absolute atomic E-state index is 0.115. The van der Waals surface area contributed by atoms with Crippen LogP contribution in [-0.4, -0.2) is 38.2 Å². The van der Waals surface area contributed by atoms with Gasteiger partial charge in [0.05, 0.1) is 12.7 Å². The molecule has 0 radical (unpaired) electrons. The maximum Gasteiger partial charge on any atom is 0.333 e. The average molecular weight is 297 g/mol. The molecule has 21 heavy (non-hydrogen) atoms. The summed E-state index contributed by atoms with van der Waals surface area (Å²) >= 11 is 0. The number of ether oxygens (including phenoxy) is 1. The van der Waals surface area contributed by atoms with Gasteiger partial charge in [-0.3, -0.25) is 13.9 Å². The smallest absolute Gasteiger partial charge is 0.333 e. The Bertz CT molecular complexity index is 689. The molecule has 0 spiro atoms. The van der Waals surface area contributed by atoms with Gasteiger partial charge in [-0.15, -0.1) is 0 Å². The topological polar surface area (TPSA) is 142 Å². The highest BCUT2D eigenvalue weighted by Gasteiger charge is 2.35. The van der Waals surface area contributed by atoms with Gasteiger partial charge < -0.3 is 14.9 Å². The lowest BCUT2D eigenvalue weighted by molar-refractivity contribution is -0.0463. The molecule has 0 aliphatic carbocycles. The largest absolute Gasteiger partial charge is 0.394 e. The maximum atomic E-state index is 12.3. The highest BCUT2D eigenvalue weighted by Crippen LogP contribution is 2.27. The molecule has 0 saturated carbocycles. The molecule has 2 N–H and O–H groups in total. The van der Waals surface area contributed by atoms with Crippen molar-refractivity contribution in [2.75, 3.05) is 6.61 Å². The predicted molar refractivity (Wildman–Crippen MR) is 70.5 cm³/mol. The molecule has 10 heteroatoms. The van der Waals surface area contributed by atoms with E-state index >= 15 is 0 Å². The Kier molecular flexibility index (Phi) is 4.43. The van der Waals surface area contributed by atoms with Gasteiger partial charge in [0.1, 0.15) is 19.0 Å². The van der Waals surface area contributed by atoms with E-state index in [1.807, 2.05) is 0 Å². The second-order valence-electron chi connectivity index (χ2n) is 4.72. The standard InChI is InChI=1S/C11H15N5O5/c1-6-3-15(9-2-7(18)8(4-17)21-9)11(20)16(10(6)19)5-13-14-12/h3,7-9,17-18H,2,4-5H2,1H3/t7-,8+,9+/m0/s1. The van der Waals surface area contributed by atoms with Crippen LogP contribution in [0.3, 0.4) is 0 Å². The van der Waals surface area contributed by atoms with Crippen LogP contribution in [0.5, 0.6) is 0 Å². The van der Waals surface area contributed by atoms with Crippen molar-refractivity contribution in [1.82, 2.24) is 9.13 Å². The molecular formula is C11H15N5O5. The highest BCUT2D eigenvalue weighted by molar-refractivity contribution is 5.04. The summed E-state index contributed by atoms with van der Waals surface area (Å²) in [5, 5.41) is 22.0. The molecule has 1 saturated heterocycles. The Morgan fingerprint density at radius 3 is 2.86 bits per heavy atom. The minimum Gasteiger partial charge on any atom is -0.394 e. The van der Waals surface area contributed by atoms with Crippen LogP contribution in [-0.2, 0) is 11.4 Å². The first-order chi connectivity index (χ1) is 9.99. The second-order valence-corrected chi connectivity index (χ2v) is 4.72. The van der Waals surface area contributed by atoms with Gasteiger partial charge in [0.2, 0.25) is 0 Å². The van der Waals surface area contributed by atoms with Crippen LogP contribution in [0.1, 0.15) is 18.2 Å². The van der Waals surface area contributed by atoms with Gasteiger partial charge in [-0.25, -0.2) is 4.79 Å². The van der Waals surface area contributed by atoms with Gasteiger partial charge in [0, 0.05) is 23.1 Å². The van der Waals surface area contributed by atoms with Crippen LogP contribution >= 0.6 is 0 Å². The summed E-state index contributed by atoms with van der Waals surface area (Å²) in [6.45, 7) is 0.720. The summed E-state index contributed by atoms with van der Waals surface area (Å²) in [4.78, 5) is 26.7. The van der Waals surface area contributed by atoms with E-state index in [0.29, 0.717) is 0 Å². The number of nitrogens with zero attached hydrogens (tertiary/aromatic N) is 5. The molecule has 10 nitrogen and oxygen atoms in total. The lowest BCUT2D eigenvalue weighted by atomic mass is 10.2. The zero-order chi connectivity index (χ0) is 15.6. The van der Waals surface area contributed by atoms with E-state index in [-0.39, 0.29) is 18.6 Å². The third-order valence-electron chi connectivity index (χ3n) is 3.33. The van der Waals surface area contributed by atoms with Crippen LogP contribution in [0.2, 0.25) is 0 Å². The zero-order valence-corrected chi connectivity index (χ0v) is 11.3. The number of hydrogen-bond acceptors (Lipinski definition) is 6. The average Bonchev–Trinajstić information content (AvgIpc) is 2.84. The van der Waals surface area contributed by atoms with Crippen molar-refractivity contribution in [2.45, 2.75) is 38.4 Å². The number of aliphatic hydroxyl groups is 2. The molecule has 0 unspecified atom stereocenters. The predicted octanol–water partition coefficient (Wildman–Crippen LogP) is -0.773. The van der Waals surface area contributed by atoms with Crippen molar-refractivity contribution in [3.63, 3.8) is 0 Å². The van der Waals surface area contributed by atoms with Gasteiger partial charge in [-0.2, -0.15) is 0 Å². The fourth-order valence-corrected chi connectivity index (χ4v) is 2.23. The Labute approximate surface area is 118 Å². The van der Waals surface area contributed by atoms with Crippen molar-refractivity contribution in [1.29, 1.82) is 0 Å². The van der Waals surface area contributed by atoms with E-state index < -0.39 is 36.4 Å². The SMILES string of the molecule is Cc1cn([C@H]2C[C@H](O)[C@@H](CO)O2)c(=O)n(CN=[N+]=[N-])c1=O. The summed E-state index contributed by atoms with van der Waals surface area (Å²) in [5.41, 5.74) is 7.33. The number of aliphatic hydroxyl groups excluding tert-OH is 2. The van der Waals surface area contributed by atoms with Crippen LogP contribution < -0.4 is 11.2 Å². The number of hydrogen-bond donors (Lipinski definition) is 2. The van der Waals surface area contributed by atoms with Crippen LogP contribution in [0, 0.1) is 6.92 Å². The molecular weight excluding hydrogens is 282 g/mol. The molecule has 1 aromatic rings. The fraction of sp³-hybridized carbons (Fsp3) is 0.636. The Balaban J connectivity index is 2.46. The zero-order valence-electron chi connectivity index (χ0n) is 11.3. The van der Waals surface area contributed by atoms with Crippen LogP contribution in [0.4, 0.5) is 0 Å². The van der Waals surface area contributed by atoms with Crippen LogP contribution in [0.15, 0.2) is 20.9 Å². The fourth-order valence-electron chi connectivity index (χ4n) is 2.23. The third kappa shape index (κ3) is 2.83. The van der Waals surface area contributed by atoms with Gasteiger partial charge in [0.25, 0.3) is 5.56 Å². The second kappa shape index (κ2) is 6.10. The van der Waals surface area contributed by atoms with Crippen molar-refractivity contribution in [2.24, 2.45) is 5.11 Å². The van der Waals surface area contributed by atoms with Crippen molar-refractivity contribution >= 4 is 0 Å². The lowest BCUT2D eigenvalue weighted by Crippen LogP contribution is -2.41. The number of azide groups is 1. The number of aromatic nitrogens is 2. The molecule has 0 aromatic carbocycles. The molecule has 1 aliphatic rings. The van der Waals surface area contributed by atoms with Crippen LogP contribution in [0.25, 0.3) is 10.4 Å². The third-order valence-corrected chi connectivity index (χ3v) is 3.33. The van der Waals surface area contributed by atoms with Gasteiger partial charge in [-0.1, -0.05) is 5.11 Å². The van der Waals surface area contributed by atoms with Gasteiger partial charge in [0.15, 0.2) is 0 Å². The van der Waals surface area contributed by atoms with Crippen molar-refractivity contribution in [3.05, 3.63) is 43.0 Å². The molecule has 114 valence electrons. The Morgan fingerprint density at radius 2 is 2.29 bits per heavy atom. The minimum atomic E-state index is -0.898. The number of rotatable bonds is 4. The van der Waals surface area contributed by atoms with Gasteiger partial charge in [-0.05, 0) is 12.5 Å². The van der Waals surface area contributed by atoms with Crippen molar-refractivity contribution < 1.29 is 14.9 Å². The first-order valence-electron chi connectivity index (χ1n) is 6.27. The highest BCUT2D eigenvalue weighted by atomic mass is 16.5. The quantitative estimate of drug-likeness (QED) is 0.426. The molecule has 1 aliphatic heterocycles. The first kappa shape index (κ1) is 15.3. The van der Waals surface area contributed by atoms with E-state index in [0.717, 1.165) is 9.13 Å². The lowest BCUT2D eigenvalue weighted by Gasteiger charge is -2.16. The molecule has 2 heterocycles. The van der Waals surface area contributed by atoms with E-state index in [1.54, 1.807) is 0 Å². The van der Waals surface area contributed by atoms with E-state index in [2.05, 4.69) is 10.0 Å². The van der Waals surface area contributed by atoms with E-state index in [9.17, 15) is 14.7 Å². The molecule has 1 fully saturated rings. The molecule has 0 bridgehead atoms. The summed E-state index contributed by atoms with van der Waals surface area (Å²) in [5.74, 6) is 0. The summed E-state index contributed by atoms with van der Waals surface area (Å²) in [7, 11) is 0. The Hall–Kier alpha value is -2.13. The van der Waals surface area contributed by atoms with E-state index in [4.69, 9.17) is 15.4 Å². The van der Waals surface area contributed by atoms with E-state index in [1.165, 1.54) is 13.1 Å². The summed E-state index contributed by atoms with van der Waals surface area (Å²) < 4.78 is 7.33. The monoisotopic (exact) mass is 297 g/mol.